The van der Waals surface area contributed by atoms with E-state index in [1.807, 2.05) is 45.9 Å². The summed E-state index contributed by atoms with van der Waals surface area (Å²) in [6.07, 6.45) is 2.10. The van der Waals surface area contributed by atoms with Crippen molar-refractivity contribution in [3.8, 4) is 0 Å². The SMILES string of the molecule is CCc1ccc(N(Cc2ccc(Cl)nc2)C(=O)OC(C)(C)C)nc1C. The average molecular weight is 362 g/mol. The van der Waals surface area contributed by atoms with E-state index in [2.05, 4.69) is 16.9 Å². The summed E-state index contributed by atoms with van der Waals surface area (Å²) in [4.78, 5) is 22.9. The summed E-state index contributed by atoms with van der Waals surface area (Å²) < 4.78 is 5.55. The van der Waals surface area contributed by atoms with Gasteiger partial charge in [0.1, 0.15) is 16.6 Å². The minimum absolute atomic E-state index is 0.303. The fraction of sp³-hybridized carbons (Fsp3) is 0.421. The molecule has 2 aromatic heterocycles. The van der Waals surface area contributed by atoms with Crippen molar-refractivity contribution in [3.05, 3.63) is 52.4 Å². The van der Waals surface area contributed by atoms with E-state index in [-0.39, 0.29) is 0 Å². The van der Waals surface area contributed by atoms with Crippen molar-refractivity contribution in [2.45, 2.75) is 53.2 Å². The molecule has 25 heavy (non-hydrogen) atoms. The third-order valence-corrected chi connectivity index (χ3v) is 3.80. The predicted molar refractivity (Wildman–Crippen MR) is 100 cm³/mol. The Bertz CT molecular complexity index is 739. The number of carbonyl (C=O) groups excluding carboxylic acids is 1. The van der Waals surface area contributed by atoms with Crippen molar-refractivity contribution in [3.63, 3.8) is 0 Å². The van der Waals surface area contributed by atoms with Crippen molar-refractivity contribution in [2.75, 3.05) is 4.90 Å². The molecular formula is C19H24ClN3O2. The van der Waals surface area contributed by atoms with Gasteiger partial charge >= 0.3 is 6.09 Å². The molecule has 0 atom stereocenters. The van der Waals surface area contributed by atoms with Gasteiger partial charge in [0, 0.05) is 11.9 Å². The lowest BCUT2D eigenvalue weighted by molar-refractivity contribution is 0.0576. The molecule has 0 bridgehead atoms. The lowest BCUT2D eigenvalue weighted by Crippen LogP contribution is -2.37. The molecule has 134 valence electrons. The minimum atomic E-state index is -0.591. The van der Waals surface area contributed by atoms with E-state index in [1.54, 1.807) is 12.3 Å². The maximum Gasteiger partial charge on any atom is 0.416 e. The second kappa shape index (κ2) is 7.83. The second-order valence-electron chi connectivity index (χ2n) is 6.82. The Morgan fingerprint density at radius 1 is 1.24 bits per heavy atom. The van der Waals surface area contributed by atoms with Crippen molar-refractivity contribution >= 4 is 23.5 Å². The second-order valence-corrected chi connectivity index (χ2v) is 7.21. The third-order valence-electron chi connectivity index (χ3n) is 3.58. The first-order valence-corrected chi connectivity index (χ1v) is 8.65. The molecule has 0 aliphatic rings. The molecule has 2 heterocycles. The smallest absolute Gasteiger partial charge is 0.416 e. The van der Waals surface area contributed by atoms with E-state index in [0.717, 1.165) is 23.2 Å². The molecule has 0 N–H and O–H groups in total. The van der Waals surface area contributed by atoms with Crippen LogP contribution in [0.3, 0.4) is 0 Å². The standard InChI is InChI=1S/C19H24ClN3O2/c1-6-15-8-10-17(22-13(15)2)23(18(24)25-19(3,4)5)12-14-7-9-16(20)21-11-14/h7-11H,6,12H2,1-5H3. The summed E-state index contributed by atoms with van der Waals surface area (Å²) in [6.45, 7) is 9.84. The van der Waals surface area contributed by atoms with Gasteiger partial charge in [0.15, 0.2) is 0 Å². The Morgan fingerprint density at radius 2 is 1.96 bits per heavy atom. The molecule has 2 rings (SSSR count). The van der Waals surface area contributed by atoms with Gasteiger partial charge in [-0.1, -0.05) is 30.7 Å². The zero-order valence-electron chi connectivity index (χ0n) is 15.3. The van der Waals surface area contributed by atoms with Gasteiger partial charge in [-0.05, 0) is 57.4 Å². The summed E-state index contributed by atoms with van der Waals surface area (Å²) in [6, 6.07) is 7.37. The highest BCUT2D eigenvalue weighted by atomic mass is 35.5. The van der Waals surface area contributed by atoms with Crippen molar-refractivity contribution in [1.82, 2.24) is 9.97 Å². The lowest BCUT2D eigenvalue weighted by atomic mass is 10.1. The predicted octanol–water partition coefficient (Wildman–Crippen LogP) is 4.94. The summed E-state index contributed by atoms with van der Waals surface area (Å²) in [5, 5.41) is 0.411. The van der Waals surface area contributed by atoms with Gasteiger partial charge in [-0.3, -0.25) is 4.90 Å². The maximum atomic E-state index is 12.7. The number of anilines is 1. The monoisotopic (exact) mass is 361 g/mol. The molecular weight excluding hydrogens is 338 g/mol. The van der Waals surface area contributed by atoms with Crippen LogP contribution in [0.15, 0.2) is 30.5 Å². The average Bonchev–Trinajstić information content (AvgIpc) is 2.52. The quantitative estimate of drug-likeness (QED) is 0.723. The molecule has 1 amide bonds. The Labute approximate surface area is 154 Å². The maximum absolute atomic E-state index is 12.7. The van der Waals surface area contributed by atoms with E-state index >= 15 is 0 Å². The third kappa shape index (κ3) is 5.43. The number of ether oxygens (including phenoxy) is 1. The van der Waals surface area contributed by atoms with Crippen LogP contribution in [-0.2, 0) is 17.7 Å². The summed E-state index contributed by atoms with van der Waals surface area (Å²) in [7, 11) is 0. The number of halogens is 1. The zero-order chi connectivity index (χ0) is 18.6. The summed E-state index contributed by atoms with van der Waals surface area (Å²) in [5.74, 6) is 0.555. The van der Waals surface area contributed by atoms with Crippen LogP contribution in [0.25, 0.3) is 0 Å². The van der Waals surface area contributed by atoms with Crippen LogP contribution in [0, 0.1) is 6.92 Å². The van der Waals surface area contributed by atoms with Crippen molar-refractivity contribution in [1.29, 1.82) is 0 Å². The number of hydrogen-bond acceptors (Lipinski definition) is 4. The molecule has 5 nitrogen and oxygen atoms in total. The number of aromatic nitrogens is 2. The molecule has 0 saturated heterocycles. The van der Waals surface area contributed by atoms with E-state index in [9.17, 15) is 4.79 Å². The molecule has 0 saturated carbocycles. The van der Waals surface area contributed by atoms with Gasteiger partial charge in [0.05, 0.1) is 6.54 Å². The van der Waals surface area contributed by atoms with Gasteiger partial charge in [0.2, 0.25) is 0 Å². The minimum Gasteiger partial charge on any atom is -0.443 e. The highest BCUT2D eigenvalue weighted by molar-refractivity contribution is 6.29. The lowest BCUT2D eigenvalue weighted by Gasteiger charge is -2.27. The van der Waals surface area contributed by atoms with Gasteiger partial charge in [0.25, 0.3) is 0 Å². The number of nitrogens with zero attached hydrogens (tertiary/aromatic N) is 3. The Morgan fingerprint density at radius 3 is 2.48 bits per heavy atom. The fourth-order valence-corrected chi connectivity index (χ4v) is 2.45. The van der Waals surface area contributed by atoms with E-state index in [4.69, 9.17) is 16.3 Å². The molecule has 0 unspecified atom stereocenters. The molecule has 0 spiro atoms. The summed E-state index contributed by atoms with van der Waals surface area (Å²) >= 11 is 5.84. The van der Waals surface area contributed by atoms with E-state index in [1.165, 1.54) is 4.90 Å². The fourth-order valence-electron chi connectivity index (χ4n) is 2.34. The van der Waals surface area contributed by atoms with Crippen LogP contribution in [0.2, 0.25) is 5.15 Å². The molecule has 0 fully saturated rings. The van der Waals surface area contributed by atoms with Crippen LogP contribution in [0.1, 0.15) is 44.5 Å². The van der Waals surface area contributed by atoms with Gasteiger partial charge in [-0.15, -0.1) is 0 Å². The van der Waals surface area contributed by atoms with Gasteiger partial charge in [-0.25, -0.2) is 14.8 Å². The number of aryl methyl sites for hydroxylation is 2. The normalized spacial score (nSPS) is 11.3. The molecule has 6 heteroatoms. The topological polar surface area (TPSA) is 55.3 Å². The molecule has 2 aromatic rings. The Kier molecular flexibility index (Phi) is 6.01. The van der Waals surface area contributed by atoms with Crippen LogP contribution >= 0.6 is 11.6 Å². The molecule has 0 radical (unpaired) electrons. The van der Waals surface area contributed by atoms with Gasteiger partial charge in [-0.2, -0.15) is 0 Å². The molecule has 0 aliphatic heterocycles. The Balaban J connectivity index is 2.35. The summed E-state index contributed by atoms with van der Waals surface area (Å²) in [5.41, 5.74) is 2.31. The first kappa shape index (κ1) is 19.2. The van der Waals surface area contributed by atoms with E-state index in [0.29, 0.717) is 17.5 Å². The Hall–Kier alpha value is -2.14. The number of rotatable bonds is 4. The number of pyridine rings is 2. The largest absolute Gasteiger partial charge is 0.443 e. The van der Waals surface area contributed by atoms with Crippen molar-refractivity contribution in [2.24, 2.45) is 0 Å². The van der Waals surface area contributed by atoms with Crippen LogP contribution in [-0.4, -0.2) is 21.7 Å². The molecule has 0 aromatic carbocycles. The zero-order valence-corrected chi connectivity index (χ0v) is 16.1. The van der Waals surface area contributed by atoms with Crippen LogP contribution in [0.4, 0.5) is 10.6 Å². The highest BCUT2D eigenvalue weighted by Crippen LogP contribution is 2.21. The van der Waals surface area contributed by atoms with Crippen LogP contribution < -0.4 is 4.90 Å². The van der Waals surface area contributed by atoms with E-state index < -0.39 is 11.7 Å². The molecule has 0 aliphatic carbocycles. The van der Waals surface area contributed by atoms with Gasteiger partial charge < -0.3 is 4.74 Å². The highest BCUT2D eigenvalue weighted by Gasteiger charge is 2.25. The number of amides is 1. The number of carbonyl (C=O) groups is 1. The number of hydrogen-bond donors (Lipinski definition) is 0. The first-order chi connectivity index (χ1) is 11.7. The van der Waals surface area contributed by atoms with Crippen molar-refractivity contribution < 1.29 is 9.53 Å². The first-order valence-electron chi connectivity index (χ1n) is 8.27. The van der Waals surface area contributed by atoms with Crippen LogP contribution in [0.5, 0.6) is 0 Å².